The van der Waals surface area contributed by atoms with Crippen LogP contribution in [0.4, 0.5) is 0 Å². The molecule has 2 heterocycles. The lowest BCUT2D eigenvalue weighted by Gasteiger charge is -2.03. The lowest BCUT2D eigenvalue weighted by Crippen LogP contribution is -2.17. The van der Waals surface area contributed by atoms with Gasteiger partial charge in [0.2, 0.25) is 5.89 Å². The zero-order valence-corrected chi connectivity index (χ0v) is 10.1. The molecule has 0 saturated carbocycles. The van der Waals surface area contributed by atoms with E-state index < -0.39 is 0 Å². The normalized spacial score (nSPS) is 10.7. The van der Waals surface area contributed by atoms with Crippen LogP contribution < -0.4 is 5.32 Å². The van der Waals surface area contributed by atoms with Crippen LogP contribution in [0.5, 0.6) is 0 Å². The molecule has 0 aromatic carbocycles. The van der Waals surface area contributed by atoms with Crippen molar-refractivity contribution in [3.05, 3.63) is 41.3 Å². The number of pyridine rings is 1. The second kappa shape index (κ2) is 5.54. The first-order valence-electron chi connectivity index (χ1n) is 5.64. The van der Waals surface area contributed by atoms with Gasteiger partial charge in [-0.05, 0) is 25.0 Å². The summed E-state index contributed by atoms with van der Waals surface area (Å²) in [6.07, 6.45) is 4.47. The summed E-state index contributed by atoms with van der Waals surface area (Å²) < 4.78 is 5.02. The lowest BCUT2D eigenvalue weighted by molar-refractivity contribution is 0.372. The topological polar surface area (TPSA) is 63.8 Å². The van der Waals surface area contributed by atoms with E-state index in [2.05, 4.69) is 26.5 Å². The molecule has 0 spiro atoms. The molecule has 0 bridgehead atoms. The zero-order chi connectivity index (χ0) is 12.1. The number of aryl methyl sites for hydroxylation is 2. The molecule has 5 heteroatoms. The summed E-state index contributed by atoms with van der Waals surface area (Å²) in [5.41, 5.74) is 2.36. The van der Waals surface area contributed by atoms with E-state index in [-0.39, 0.29) is 0 Å². The van der Waals surface area contributed by atoms with Gasteiger partial charge in [0.1, 0.15) is 0 Å². The third-order valence-electron chi connectivity index (χ3n) is 2.35. The molecule has 0 aliphatic carbocycles. The fourth-order valence-corrected chi connectivity index (χ4v) is 1.58. The summed E-state index contributed by atoms with van der Waals surface area (Å²) in [6.45, 7) is 5.48. The van der Waals surface area contributed by atoms with Crippen LogP contribution in [-0.2, 0) is 13.0 Å². The highest BCUT2D eigenvalue weighted by Crippen LogP contribution is 2.01. The van der Waals surface area contributed by atoms with E-state index in [0.29, 0.717) is 11.7 Å². The van der Waals surface area contributed by atoms with Crippen molar-refractivity contribution in [3.63, 3.8) is 0 Å². The quantitative estimate of drug-likeness (QED) is 0.790. The van der Waals surface area contributed by atoms with Gasteiger partial charge in [0.15, 0.2) is 5.82 Å². The van der Waals surface area contributed by atoms with E-state index in [4.69, 9.17) is 4.52 Å². The minimum Gasteiger partial charge on any atom is -0.339 e. The summed E-state index contributed by atoms with van der Waals surface area (Å²) in [5.74, 6) is 1.36. The minimum atomic E-state index is 0.678. The van der Waals surface area contributed by atoms with Gasteiger partial charge >= 0.3 is 0 Å². The Morgan fingerprint density at radius 1 is 1.29 bits per heavy atom. The maximum absolute atomic E-state index is 5.02. The van der Waals surface area contributed by atoms with E-state index in [1.807, 2.05) is 26.2 Å². The number of nitrogens with one attached hydrogen (secondary N) is 1. The molecule has 0 aliphatic rings. The summed E-state index contributed by atoms with van der Waals surface area (Å²) in [5, 5.41) is 7.06. The zero-order valence-electron chi connectivity index (χ0n) is 10.1. The summed E-state index contributed by atoms with van der Waals surface area (Å²) in [6, 6.07) is 2.12. The molecule has 17 heavy (non-hydrogen) atoms. The first-order chi connectivity index (χ1) is 8.24. The van der Waals surface area contributed by atoms with Gasteiger partial charge in [0.05, 0.1) is 0 Å². The van der Waals surface area contributed by atoms with Gasteiger partial charge in [-0.2, -0.15) is 4.98 Å². The summed E-state index contributed by atoms with van der Waals surface area (Å²) >= 11 is 0. The van der Waals surface area contributed by atoms with Crippen LogP contribution in [0, 0.1) is 13.8 Å². The number of aromatic nitrogens is 3. The number of rotatable bonds is 5. The molecule has 0 atom stereocenters. The van der Waals surface area contributed by atoms with Gasteiger partial charge < -0.3 is 9.84 Å². The Morgan fingerprint density at radius 2 is 2.18 bits per heavy atom. The van der Waals surface area contributed by atoms with Gasteiger partial charge in [0.25, 0.3) is 0 Å². The van der Waals surface area contributed by atoms with Gasteiger partial charge in [-0.1, -0.05) is 11.2 Å². The highest BCUT2D eigenvalue weighted by molar-refractivity contribution is 5.16. The summed E-state index contributed by atoms with van der Waals surface area (Å²) in [7, 11) is 0. The second-order valence-corrected chi connectivity index (χ2v) is 4.03. The van der Waals surface area contributed by atoms with Crippen molar-refractivity contribution in [2.24, 2.45) is 0 Å². The predicted molar refractivity (Wildman–Crippen MR) is 63.4 cm³/mol. The predicted octanol–water partition coefficient (Wildman–Crippen LogP) is 1.41. The molecule has 5 nitrogen and oxygen atoms in total. The average Bonchev–Trinajstić information content (AvgIpc) is 2.71. The molecule has 2 rings (SSSR count). The van der Waals surface area contributed by atoms with E-state index in [1.165, 1.54) is 11.1 Å². The molecule has 0 radical (unpaired) electrons. The van der Waals surface area contributed by atoms with Gasteiger partial charge in [-0.3, -0.25) is 4.98 Å². The Bertz CT molecular complexity index is 481. The molecular formula is C12H16N4O. The number of nitrogens with zero attached hydrogens (tertiary/aromatic N) is 3. The first-order valence-corrected chi connectivity index (χ1v) is 5.64. The van der Waals surface area contributed by atoms with Crippen LogP contribution >= 0.6 is 0 Å². The van der Waals surface area contributed by atoms with Crippen molar-refractivity contribution in [2.45, 2.75) is 26.8 Å². The molecule has 0 aliphatic heterocycles. The van der Waals surface area contributed by atoms with Crippen molar-refractivity contribution < 1.29 is 4.52 Å². The van der Waals surface area contributed by atoms with E-state index in [1.54, 1.807) is 0 Å². The minimum absolute atomic E-state index is 0.678. The number of hydrogen-bond acceptors (Lipinski definition) is 5. The molecule has 90 valence electrons. The Morgan fingerprint density at radius 3 is 2.88 bits per heavy atom. The molecular weight excluding hydrogens is 216 g/mol. The Balaban J connectivity index is 1.73. The molecule has 0 amide bonds. The highest BCUT2D eigenvalue weighted by Gasteiger charge is 2.01. The van der Waals surface area contributed by atoms with E-state index in [0.717, 1.165) is 19.5 Å². The van der Waals surface area contributed by atoms with Crippen LogP contribution in [0.15, 0.2) is 23.0 Å². The molecule has 1 N–H and O–H groups in total. The van der Waals surface area contributed by atoms with Gasteiger partial charge in [-0.25, -0.2) is 0 Å². The Kier molecular flexibility index (Phi) is 3.82. The van der Waals surface area contributed by atoms with Crippen LogP contribution in [0.3, 0.4) is 0 Å². The van der Waals surface area contributed by atoms with E-state index in [9.17, 15) is 0 Å². The molecule has 2 aromatic heterocycles. The SMILES string of the molecule is Cc1cncc(CNCCc2nc(C)no2)c1. The fourth-order valence-electron chi connectivity index (χ4n) is 1.58. The van der Waals surface area contributed by atoms with Crippen LogP contribution in [0.25, 0.3) is 0 Å². The largest absolute Gasteiger partial charge is 0.339 e. The van der Waals surface area contributed by atoms with Crippen molar-refractivity contribution in [2.75, 3.05) is 6.54 Å². The maximum atomic E-state index is 5.02. The molecule has 0 fully saturated rings. The van der Waals surface area contributed by atoms with Crippen LogP contribution in [0.1, 0.15) is 22.8 Å². The second-order valence-electron chi connectivity index (χ2n) is 4.03. The maximum Gasteiger partial charge on any atom is 0.227 e. The van der Waals surface area contributed by atoms with Crippen molar-refractivity contribution in [3.8, 4) is 0 Å². The monoisotopic (exact) mass is 232 g/mol. The standard InChI is InChI=1S/C12H16N4O/c1-9-5-11(8-14-6-9)7-13-4-3-12-15-10(2)16-17-12/h5-6,8,13H,3-4,7H2,1-2H3. The molecule has 0 saturated heterocycles. The Hall–Kier alpha value is -1.75. The lowest BCUT2D eigenvalue weighted by atomic mass is 10.2. The van der Waals surface area contributed by atoms with Crippen LogP contribution in [-0.4, -0.2) is 21.7 Å². The van der Waals surface area contributed by atoms with E-state index >= 15 is 0 Å². The third kappa shape index (κ3) is 3.64. The van der Waals surface area contributed by atoms with Crippen molar-refractivity contribution in [1.82, 2.24) is 20.4 Å². The number of hydrogen-bond donors (Lipinski definition) is 1. The Labute approximate surface area is 100 Å². The fraction of sp³-hybridized carbons (Fsp3) is 0.417. The smallest absolute Gasteiger partial charge is 0.227 e. The summed E-state index contributed by atoms with van der Waals surface area (Å²) in [4.78, 5) is 8.28. The average molecular weight is 232 g/mol. The molecule has 2 aromatic rings. The molecule has 0 unspecified atom stereocenters. The van der Waals surface area contributed by atoms with Gasteiger partial charge in [-0.15, -0.1) is 0 Å². The third-order valence-corrected chi connectivity index (χ3v) is 2.35. The van der Waals surface area contributed by atoms with Crippen LogP contribution in [0.2, 0.25) is 0 Å². The van der Waals surface area contributed by atoms with Crippen molar-refractivity contribution >= 4 is 0 Å². The highest BCUT2D eigenvalue weighted by atomic mass is 16.5. The van der Waals surface area contributed by atoms with Gasteiger partial charge in [0, 0.05) is 31.9 Å². The van der Waals surface area contributed by atoms with Crippen molar-refractivity contribution in [1.29, 1.82) is 0 Å². The first kappa shape index (κ1) is 11.7.